The first-order chi connectivity index (χ1) is 15.0. The third kappa shape index (κ3) is 5.52. The van der Waals surface area contributed by atoms with Crippen LogP contribution in [0.5, 0.6) is 0 Å². The van der Waals surface area contributed by atoms with Crippen LogP contribution >= 0.6 is 34.7 Å². The van der Waals surface area contributed by atoms with Crippen molar-refractivity contribution in [1.29, 1.82) is 0 Å². The molecule has 0 bridgehead atoms. The molecule has 6 nitrogen and oxygen atoms in total. The number of halogens is 1. The third-order valence-corrected chi connectivity index (χ3v) is 6.80. The van der Waals surface area contributed by atoms with E-state index < -0.39 is 0 Å². The predicted molar refractivity (Wildman–Crippen MR) is 124 cm³/mol. The van der Waals surface area contributed by atoms with E-state index in [1.54, 1.807) is 24.5 Å². The Morgan fingerprint density at radius 3 is 2.87 bits per heavy atom. The van der Waals surface area contributed by atoms with E-state index in [9.17, 15) is 4.79 Å². The van der Waals surface area contributed by atoms with Gasteiger partial charge in [-0.05, 0) is 43.2 Å². The van der Waals surface area contributed by atoms with E-state index in [1.807, 2.05) is 32.0 Å². The maximum Gasteiger partial charge on any atom is 0.260 e. The van der Waals surface area contributed by atoms with Gasteiger partial charge >= 0.3 is 0 Å². The smallest absolute Gasteiger partial charge is 0.260 e. The van der Waals surface area contributed by atoms with Crippen molar-refractivity contribution >= 4 is 45.7 Å². The molecular formula is C22H19ClN4O2S2. The molecular weight excluding hydrogens is 452 g/mol. The zero-order chi connectivity index (χ0) is 21.8. The zero-order valence-electron chi connectivity index (χ0n) is 16.9. The van der Waals surface area contributed by atoms with Gasteiger partial charge in [0, 0.05) is 40.5 Å². The molecule has 0 fully saturated rings. The number of pyridine rings is 1. The Labute approximate surface area is 193 Å². The first kappa shape index (κ1) is 21.5. The number of thioether (sulfide) groups is 1. The number of benzene rings is 1. The molecule has 0 radical (unpaired) electrons. The molecule has 4 rings (SSSR count). The van der Waals surface area contributed by atoms with Crippen LogP contribution in [0.4, 0.5) is 5.13 Å². The van der Waals surface area contributed by atoms with Crippen LogP contribution in [0.1, 0.15) is 37.8 Å². The van der Waals surface area contributed by atoms with Crippen LogP contribution in [0.25, 0.3) is 0 Å². The average molecular weight is 471 g/mol. The molecule has 0 aliphatic carbocycles. The minimum Gasteiger partial charge on any atom is -0.361 e. The molecule has 3 aromatic heterocycles. The molecule has 0 atom stereocenters. The van der Waals surface area contributed by atoms with Gasteiger partial charge in [-0.15, -0.1) is 11.3 Å². The fourth-order valence-corrected chi connectivity index (χ4v) is 4.78. The highest BCUT2D eigenvalue weighted by Crippen LogP contribution is 2.27. The van der Waals surface area contributed by atoms with Crippen molar-refractivity contribution in [2.24, 2.45) is 0 Å². The minimum absolute atomic E-state index is 0.244. The largest absolute Gasteiger partial charge is 0.361 e. The topological polar surface area (TPSA) is 80.9 Å². The number of thiazole rings is 1. The number of hydrogen-bond donors (Lipinski definition) is 1. The van der Waals surface area contributed by atoms with Gasteiger partial charge in [0.05, 0.1) is 11.3 Å². The van der Waals surface area contributed by atoms with Crippen molar-refractivity contribution in [3.05, 3.63) is 86.8 Å². The Kier molecular flexibility index (Phi) is 6.70. The Hall–Kier alpha value is -2.68. The first-order valence-electron chi connectivity index (χ1n) is 9.49. The van der Waals surface area contributed by atoms with Crippen molar-refractivity contribution in [1.82, 2.24) is 15.1 Å². The number of nitrogens with one attached hydrogen (secondary N) is 1. The second-order valence-corrected chi connectivity index (χ2v) is 9.41. The van der Waals surface area contributed by atoms with E-state index in [0.29, 0.717) is 27.9 Å². The van der Waals surface area contributed by atoms with Crippen molar-refractivity contribution in [3.8, 4) is 0 Å². The van der Waals surface area contributed by atoms with Crippen molar-refractivity contribution < 1.29 is 9.32 Å². The van der Waals surface area contributed by atoms with E-state index in [1.165, 1.54) is 23.1 Å². The third-order valence-electron chi connectivity index (χ3n) is 4.44. The fourth-order valence-electron chi connectivity index (χ4n) is 2.87. The maximum atomic E-state index is 12.9. The van der Waals surface area contributed by atoms with E-state index in [0.717, 1.165) is 32.5 Å². The Bertz CT molecular complexity index is 1220. The van der Waals surface area contributed by atoms with Crippen molar-refractivity contribution in [3.63, 3.8) is 0 Å². The number of amides is 1. The van der Waals surface area contributed by atoms with Gasteiger partial charge in [-0.3, -0.25) is 10.1 Å². The van der Waals surface area contributed by atoms with Crippen molar-refractivity contribution in [2.75, 3.05) is 5.32 Å². The van der Waals surface area contributed by atoms with Gasteiger partial charge in [-0.1, -0.05) is 40.7 Å². The SMILES string of the molecule is Cc1cc(CSc2ncccc2C(=O)Nc2ncc(Cc3ccc(C)c(Cl)c3)s2)no1. The van der Waals surface area contributed by atoms with Gasteiger partial charge in [0.25, 0.3) is 5.91 Å². The van der Waals surface area contributed by atoms with E-state index in [2.05, 4.69) is 26.5 Å². The van der Waals surface area contributed by atoms with Gasteiger partial charge < -0.3 is 4.52 Å². The molecule has 0 unspecified atom stereocenters. The first-order valence-corrected chi connectivity index (χ1v) is 11.7. The summed E-state index contributed by atoms with van der Waals surface area (Å²) in [4.78, 5) is 22.6. The standard InChI is InChI=1S/C22H19ClN4O2S2/c1-13-5-6-15(10-19(13)23)9-17-11-25-22(31-17)26-20(28)18-4-3-7-24-21(18)30-12-16-8-14(2)29-27-16/h3-8,10-11H,9,12H2,1-2H3,(H,25,26,28). The number of carbonyl (C=O) groups is 1. The molecule has 31 heavy (non-hydrogen) atoms. The van der Waals surface area contributed by atoms with Gasteiger partial charge in [0.1, 0.15) is 10.8 Å². The van der Waals surface area contributed by atoms with E-state index in [4.69, 9.17) is 16.1 Å². The summed E-state index contributed by atoms with van der Waals surface area (Å²) in [6.45, 7) is 3.82. The zero-order valence-corrected chi connectivity index (χ0v) is 19.3. The second kappa shape index (κ2) is 9.64. The lowest BCUT2D eigenvalue weighted by Crippen LogP contribution is -2.13. The summed E-state index contributed by atoms with van der Waals surface area (Å²) in [5.41, 5.74) is 3.45. The quantitative estimate of drug-likeness (QED) is 0.337. The van der Waals surface area contributed by atoms with Gasteiger partial charge in [-0.25, -0.2) is 9.97 Å². The molecule has 158 valence electrons. The van der Waals surface area contributed by atoms with E-state index >= 15 is 0 Å². The number of anilines is 1. The Balaban J connectivity index is 1.42. The Morgan fingerprint density at radius 1 is 1.23 bits per heavy atom. The molecule has 1 N–H and O–H groups in total. The summed E-state index contributed by atoms with van der Waals surface area (Å²) in [5, 5.41) is 8.79. The molecule has 1 amide bonds. The summed E-state index contributed by atoms with van der Waals surface area (Å²) in [7, 11) is 0. The highest BCUT2D eigenvalue weighted by Gasteiger charge is 2.15. The monoisotopic (exact) mass is 470 g/mol. The van der Waals surface area contributed by atoms with Crippen LogP contribution in [0.2, 0.25) is 5.02 Å². The maximum absolute atomic E-state index is 12.9. The second-order valence-electron chi connectivity index (χ2n) is 6.92. The summed E-state index contributed by atoms with van der Waals surface area (Å²) < 4.78 is 5.09. The molecule has 0 aliphatic rings. The number of rotatable bonds is 7. The van der Waals surface area contributed by atoms with Crippen LogP contribution < -0.4 is 5.32 Å². The number of nitrogens with zero attached hydrogens (tertiary/aromatic N) is 3. The highest BCUT2D eigenvalue weighted by atomic mass is 35.5. The fraction of sp³-hybridized carbons (Fsp3) is 0.182. The minimum atomic E-state index is -0.244. The molecule has 3 heterocycles. The van der Waals surface area contributed by atoms with Crippen LogP contribution in [-0.4, -0.2) is 21.0 Å². The van der Waals surface area contributed by atoms with Crippen LogP contribution in [0.15, 0.2) is 58.3 Å². The van der Waals surface area contributed by atoms with Gasteiger partial charge in [-0.2, -0.15) is 0 Å². The lowest BCUT2D eigenvalue weighted by Gasteiger charge is -2.06. The van der Waals surface area contributed by atoms with Crippen LogP contribution in [0, 0.1) is 13.8 Å². The predicted octanol–water partition coefficient (Wildman–Crippen LogP) is 5.93. The summed E-state index contributed by atoms with van der Waals surface area (Å²) >= 11 is 9.10. The van der Waals surface area contributed by atoms with E-state index in [-0.39, 0.29) is 5.91 Å². The van der Waals surface area contributed by atoms with Crippen LogP contribution in [-0.2, 0) is 12.2 Å². The van der Waals surface area contributed by atoms with Gasteiger partial charge in [0.15, 0.2) is 5.13 Å². The summed E-state index contributed by atoms with van der Waals surface area (Å²) in [6, 6.07) is 11.4. The molecule has 0 saturated carbocycles. The summed E-state index contributed by atoms with van der Waals surface area (Å²) in [6.07, 6.45) is 4.15. The molecule has 0 spiro atoms. The molecule has 1 aromatic carbocycles. The van der Waals surface area contributed by atoms with Gasteiger partial charge in [0.2, 0.25) is 0 Å². The lowest BCUT2D eigenvalue weighted by molar-refractivity contribution is 0.102. The number of carbonyl (C=O) groups excluding carboxylic acids is 1. The molecule has 0 aliphatic heterocycles. The average Bonchev–Trinajstić information content (AvgIpc) is 3.38. The van der Waals surface area contributed by atoms with Crippen LogP contribution in [0.3, 0.4) is 0 Å². The number of aromatic nitrogens is 3. The highest BCUT2D eigenvalue weighted by molar-refractivity contribution is 7.98. The number of hydrogen-bond acceptors (Lipinski definition) is 7. The molecule has 9 heteroatoms. The molecule has 0 saturated heterocycles. The number of aryl methyl sites for hydroxylation is 2. The Morgan fingerprint density at radius 2 is 2.10 bits per heavy atom. The lowest BCUT2D eigenvalue weighted by atomic mass is 10.1. The summed E-state index contributed by atoms with van der Waals surface area (Å²) in [5.74, 6) is 1.07. The normalized spacial score (nSPS) is 10.9. The molecule has 4 aromatic rings. The van der Waals surface area contributed by atoms with Crippen molar-refractivity contribution in [2.45, 2.75) is 31.0 Å².